The summed E-state index contributed by atoms with van der Waals surface area (Å²) in [6.07, 6.45) is 1.73. The molecule has 11 nitrogen and oxygen atoms in total. The highest BCUT2D eigenvalue weighted by Gasteiger charge is 2.17. The Bertz CT molecular complexity index is 1530. The number of nitrogens with one attached hydrogen (secondary N) is 3. The molecule has 2 amide bonds. The van der Waals surface area contributed by atoms with Gasteiger partial charge in [0.15, 0.2) is 11.6 Å². The summed E-state index contributed by atoms with van der Waals surface area (Å²) in [5.41, 5.74) is 2.93. The lowest BCUT2D eigenvalue weighted by Crippen LogP contribution is -2.36. The molecule has 1 saturated heterocycles. The normalized spacial score (nSPS) is 13.7. The van der Waals surface area contributed by atoms with Crippen molar-refractivity contribution in [3.8, 4) is 11.5 Å². The number of anilines is 4. The third kappa shape index (κ3) is 7.59. The second-order valence-corrected chi connectivity index (χ2v) is 10.6. The summed E-state index contributed by atoms with van der Waals surface area (Å²) in [6.45, 7) is 3.09. The Balaban J connectivity index is 1.28. The van der Waals surface area contributed by atoms with E-state index >= 15 is 0 Å². The van der Waals surface area contributed by atoms with E-state index < -0.39 is 0 Å². The predicted molar refractivity (Wildman–Crippen MR) is 166 cm³/mol. The molecule has 0 bridgehead atoms. The van der Waals surface area contributed by atoms with Gasteiger partial charge in [-0.2, -0.15) is 0 Å². The van der Waals surface area contributed by atoms with Crippen molar-refractivity contribution < 1.29 is 19.1 Å². The van der Waals surface area contributed by atoms with Crippen molar-refractivity contribution in [3.05, 3.63) is 66.7 Å². The Morgan fingerprint density at radius 3 is 2.33 bits per heavy atom. The first-order valence-corrected chi connectivity index (χ1v) is 14.4. The van der Waals surface area contributed by atoms with Gasteiger partial charge in [0.25, 0.3) is 0 Å². The fourth-order valence-electron chi connectivity index (χ4n) is 4.58. The molecule has 0 atom stereocenters. The Kier molecular flexibility index (Phi) is 9.57. The highest BCUT2D eigenvalue weighted by atomic mass is 32.2. The van der Waals surface area contributed by atoms with Crippen LogP contribution in [-0.4, -0.2) is 79.0 Å². The first-order chi connectivity index (χ1) is 20.5. The number of carbonyl (C=O) groups is 2. The molecule has 0 saturated carbocycles. The minimum Gasteiger partial charge on any atom is -0.497 e. The van der Waals surface area contributed by atoms with Crippen molar-refractivity contribution in [2.24, 2.45) is 0 Å². The fourth-order valence-corrected chi connectivity index (χ4v) is 5.27. The van der Waals surface area contributed by atoms with Crippen LogP contribution in [0.25, 0.3) is 11.0 Å². The molecule has 42 heavy (non-hydrogen) atoms. The number of nitrogens with zero attached hydrogens (tertiary/aromatic N) is 4. The minimum absolute atomic E-state index is 0.0924. The third-order valence-electron chi connectivity index (χ3n) is 6.71. The van der Waals surface area contributed by atoms with Crippen LogP contribution in [0.4, 0.5) is 23.0 Å². The average Bonchev–Trinajstić information content (AvgIpc) is 3.24. The number of aromatic nitrogens is 2. The van der Waals surface area contributed by atoms with E-state index in [2.05, 4.69) is 20.3 Å². The lowest BCUT2D eigenvalue weighted by atomic mass is 10.2. The number of para-hydroxylation sites is 2. The molecule has 12 heteroatoms. The number of carbonyl (C=O) groups excluding carboxylic acids is 2. The van der Waals surface area contributed by atoms with E-state index in [1.807, 2.05) is 60.7 Å². The number of hydrogen-bond donors (Lipinski definition) is 3. The topological polar surface area (TPSA) is 121 Å². The van der Waals surface area contributed by atoms with Crippen LogP contribution >= 0.6 is 11.9 Å². The molecule has 218 valence electrons. The molecule has 0 unspecified atom stereocenters. The van der Waals surface area contributed by atoms with Gasteiger partial charge >= 0.3 is 0 Å². The lowest BCUT2D eigenvalue weighted by molar-refractivity contribution is -0.118. The Hall–Kier alpha value is -4.55. The molecule has 1 fully saturated rings. The molecule has 2 heterocycles. The summed E-state index contributed by atoms with van der Waals surface area (Å²) >= 11 is 1.36. The van der Waals surface area contributed by atoms with Gasteiger partial charge in [-0.25, -0.2) is 9.97 Å². The fraction of sp³-hybridized carbons (Fsp3) is 0.267. The smallest absolute Gasteiger partial charge is 0.238 e. The molecular weight excluding hydrogens is 554 g/mol. The van der Waals surface area contributed by atoms with Crippen molar-refractivity contribution in [2.75, 3.05) is 62.3 Å². The lowest BCUT2D eigenvalue weighted by Gasteiger charge is -2.19. The Labute approximate surface area is 248 Å². The van der Waals surface area contributed by atoms with Crippen molar-refractivity contribution in [3.63, 3.8) is 0 Å². The van der Waals surface area contributed by atoms with Gasteiger partial charge < -0.3 is 29.7 Å². The molecule has 1 aliphatic heterocycles. The summed E-state index contributed by atoms with van der Waals surface area (Å²) in [4.78, 5) is 38.2. The van der Waals surface area contributed by atoms with E-state index in [-0.39, 0.29) is 12.5 Å². The predicted octanol–water partition coefficient (Wildman–Crippen LogP) is 4.61. The van der Waals surface area contributed by atoms with E-state index in [0.29, 0.717) is 41.9 Å². The van der Waals surface area contributed by atoms with E-state index in [0.717, 1.165) is 47.5 Å². The highest BCUT2D eigenvalue weighted by molar-refractivity contribution is 8.00. The van der Waals surface area contributed by atoms with Crippen molar-refractivity contribution in [1.29, 1.82) is 0 Å². The van der Waals surface area contributed by atoms with Gasteiger partial charge in [-0.05, 0) is 48.7 Å². The molecule has 0 radical (unpaired) electrons. The molecule has 1 aromatic heterocycles. The highest BCUT2D eigenvalue weighted by Crippen LogP contribution is 2.32. The van der Waals surface area contributed by atoms with E-state index in [1.54, 1.807) is 25.2 Å². The van der Waals surface area contributed by atoms with Crippen LogP contribution in [0, 0.1) is 0 Å². The van der Waals surface area contributed by atoms with Crippen molar-refractivity contribution in [2.45, 2.75) is 11.3 Å². The maximum absolute atomic E-state index is 12.8. The number of amides is 2. The number of benzene rings is 3. The average molecular weight is 588 g/mol. The van der Waals surface area contributed by atoms with Gasteiger partial charge in [0.1, 0.15) is 11.5 Å². The van der Waals surface area contributed by atoms with Crippen LogP contribution in [0.15, 0.2) is 71.6 Å². The number of hydrogen-bond acceptors (Lipinski definition) is 10. The van der Waals surface area contributed by atoms with Crippen LogP contribution in [0.1, 0.15) is 6.42 Å². The summed E-state index contributed by atoms with van der Waals surface area (Å²) in [5.74, 6) is 2.27. The van der Waals surface area contributed by atoms with Gasteiger partial charge in [0.2, 0.25) is 12.3 Å². The second kappa shape index (κ2) is 13.9. The van der Waals surface area contributed by atoms with Gasteiger partial charge in [-0.3, -0.25) is 14.5 Å². The maximum atomic E-state index is 12.8. The number of rotatable bonds is 11. The van der Waals surface area contributed by atoms with Crippen LogP contribution in [0.3, 0.4) is 0 Å². The zero-order chi connectivity index (χ0) is 29.3. The van der Waals surface area contributed by atoms with Crippen molar-refractivity contribution >= 4 is 58.3 Å². The minimum atomic E-state index is -0.0924. The van der Waals surface area contributed by atoms with E-state index in [9.17, 15) is 9.59 Å². The molecule has 0 aliphatic carbocycles. The van der Waals surface area contributed by atoms with Crippen LogP contribution < -0.4 is 24.8 Å². The van der Waals surface area contributed by atoms with Crippen LogP contribution in [0.2, 0.25) is 0 Å². The summed E-state index contributed by atoms with van der Waals surface area (Å²) < 4.78 is 14.2. The van der Waals surface area contributed by atoms with E-state index in [4.69, 9.17) is 19.4 Å². The molecular formula is C30H33N7O4S. The molecule has 3 N–H and O–H groups in total. The van der Waals surface area contributed by atoms with Crippen molar-refractivity contribution in [1.82, 2.24) is 19.8 Å². The zero-order valence-electron chi connectivity index (χ0n) is 23.5. The first-order valence-electron chi connectivity index (χ1n) is 13.5. The zero-order valence-corrected chi connectivity index (χ0v) is 24.3. The molecule has 1 aliphatic rings. The summed E-state index contributed by atoms with van der Waals surface area (Å²) in [5, 5.41) is 6.34. The van der Waals surface area contributed by atoms with Gasteiger partial charge in [0, 0.05) is 60.6 Å². The standard InChI is InChI=1S/C30H33N7O4S/c1-40-23-15-22(16-24(18-23)41-2)32-29-30(34-27-10-4-3-9-26(27)33-29)35-42-25-8-5-7-21(17-25)31-28(39)19-36-11-6-12-37(20-38)14-13-36/h3-5,7-10,15-18,20H,6,11-14,19H2,1-2H3,(H,31,39)(H,32,33)(H,34,35). The Morgan fingerprint density at radius 2 is 1.62 bits per heavy atom. The largest absolute Gasteiger partial charge is 0.497 e. The molecule has 5 rings (SSSR count). The van der Waals surface area contributed by atoms with Gasteiger partial charge in [0.05, 0.1) is 31.8 Å². The van der Waals surface area contributed by atoms with Crippen LogP contribution in [0.5, 0.6) is 11.5 Å². The van der Waals surface area contributed by atoms with Crippen LogP contribution in [-0.2, 0) is 9.59 Å². The van der Waals surface area contributed by atoms with Gasteiger partial charge in [-0.15, -0.1) is 0 Å². The summed E-state index contributed by atoms with van der Waals surface area (Å²) in [7, 11) is 3.21. The molecule has 3 aromatic carbocycles. The van der Waals surface area contributed by atoms with E-state index in [1.165, 1.54) is 11.9 Å². The quantitative estimate of drug-likeness (QED) is 0.169. The molecule has 4 aromatic rings. The number of methoxy groups -OCH3 is 2. The maximum Gasteiger partial charge on any atom is 0.238 e. The Morgan fingerprint density at radius 1 is 0.881 bits per heavy atom. The second-order valence-electron chi connectivity index (χ2n) is 9.69. The SMILES string of the molecule is COc1cc(Nc2nc3ccccc3nc2NSc2cccc(NC(=O)CN3CCCN(C=O)CC3)c2)cc(OC)c1. The molecule has 0 spiro atoms. The third-order valence-corrected chi connectivity index (χ3v) is 7.49. The number of fused-ring (bicyclic) bond motifs is 1. The number of ether oxygens (including phenoxy) is 2. The monoisotopic (exact) mass is 587 g/mol. The summed E-state index contributed by atoms with van der Waals surface area (Å²) in [6, 6.07) is 20.8. The first kappa shape index (κ1) is 29.0. The van der Waals surface area contributed by atoms with Gasteiger partial charge in [-0.1, -0.05) is 18.2 Å².